The Balaban J connectivity index is 2.24. The number of rotatable bonds is 7. The van der Waals surface area contributed by atoms with Crippen LogP contribution in [0.15, 0.2) is 23.1 Å². The third-order valence-corrected chi connectivity index (χ3v) is 5.61. The first-order valence-electron chi connectivity index (χ1n) is 7.42. The summed E-state index contributed by atoms with van der Waals surface area (Å²) in [6.07, 6.45) is 0.819. The average molecular weight is 311 g/mol. The SMILES string of the molecule is CCCN(CCN(C)C)S(=O)(=O)c1ccc2c(c1)CNC2. The molecule has 0 fully saturated rings. The second kappa shape index (κ2) is 6.87. The van der Waals surface area contributed by atoms with Gasteiger partial charge in [0.2, 0.25) is 10.0 Å². The summed E-state index contributed by atoms with van der Waals surface area (Å²) in [5.74, 6) is 0. The first-order chi connectivity index (χ1) is 9.95. The lowest BCUT2D eigenvalue weighted by Gasteiger charge is -2.23. The number of nitrogens with zero attached hydrogens (tertiary/aromatic N) is 2. The van der Waals surface area contributed by atoms with Gasteiger partial charge in [-0.3, -0.25) is 0 Å². The fourth-order valence-electron chi connectivity index (χ4n) is 2.49. The van der Waals surface area contributed by atoms with Crippen molar-refractivity contribution in [3.05, 3.63) is 29.3 Å². The van der Waals surface area contributed by atoms with E-state index in [-0.39, 0.29) is 0 Å². The molecule has 2 rings (SSSR count). The van der Waals surface area contributed by atoms with Crippen molar-refractivity contribution >= 4 is 10.0 Å². The van der Waals surface area contributed by atoms with Crippen molar-refractivity contribution in [3.8, 4) is 0 Å². The quantitative estimate of drug-likeness (QED) is 0.823. The maximum atomic E-state index is 12.8. The Morgan fingerprint density at radius 3 is 2.48 bits per heavy atom. The summed E-state index contributed by atoms with van der Waals surface area (Å²) in [5.41, 5.74) is 2.30. The summed E-state index contributed by atoms with van der Waals surface area (Å²) in [5, 5.41) is 3.25. The van der Waals surface area contributed by atoms with E-state index >= 15 is 0 Å². The molecule has 1 aromatic rings. The maximum Gasteiger partial charge on any atom is 0.243 e. The van der Waals surface area contributed by atoms with Gasteiger partial charge in [0.15, 0.2) is 0 Å². The van der Waals surface area contributed by atoms with Gasteiger partial charge in [-0.25, -0.2) is 8.42 Å². The molecule has 1 aliphatic heterocycles. The number of likely N-dealkylation sites (N-methyl/N-ethyl adjacent to an activating group) is 1. The molecule has 1 heterocycles. The third-order valence-electron chi connectivity index (χ3n) is 3.72. The summed E-state index contributed by atoms with van der Waals surface area (Å²) in [7, 11) is 0.511. The normalized spacial score (nSPS) is 14.9. The van der Waals surface area contributed by atoms with Crippen molar-refractivity contribution in [1.82, 2.24) is 14.5 Å². The molecule has 0 saturated heterocycles. The van der Waals surface area contributed by atoms with Crippen molar-refractivity contribution < 1.29 is 8.42 Å². The van der Waals surface area contributed by atoms with E-state index in [1.165, 1.54) is 5.56 Å². The molecule has 0 aromatic heterocycles. The van der Waals surface area contributed by atoms with Gasteiger partial charge in [-0.2, -0.15) is 4.31 Å². The van der Waals surface area contributed by atoms with Crippen LogP contribution in [0.5, 0.6) is 0 Å². The second-order valence-corrected chi connectivity index (χ2v) is 7.68. The van der Waals surface area contributed by atoms with E-state index < -0.39 is 10.0 Å². The highest BCUT2D eigenvalue weighted by molar-refractivity contribution is 7.89. The van der Waals surface area contributed by atoms with E-state index in [0.29, 0.717) is 18.0 Å². The molecular formula is C15H25N3O2S. The van der Waals surface area contributed by atoms with E-state index in [1.807, 2.05) is 38.1 Å². The van der Waals surface area contributed by atoms with Crippen molar-refractivity contribution in [2.24, 2.45) is 0 Å². The molecule has 1 aliphatic rings. The van der Waals surface area contributed by atoms with Gasteiger partial charge in [0, 0.05) is 32.7 Å². The number of nitrogens with one attached hydrogen (secondary N) is 1. The predicted molar refractivity (Wildman–Crippen MR) is 84.6 cm³/mol. The van der Waals surface area contributed by atoms with Crippen LogP contribution in [-0.4, -0.2) is 51.4 Å². The summed E-state index contributed by atoms with van der Waals surface area (Å²) in [6, 6.07) is 5.49. The summed E-state index contributed by atoms with van der Waals surface area (Å²) in [4.78, 5) is 2.42. The lowest BCUT2D eigenvalue weighted by atomic mass is 10.1. The van der Waals surface area contributed by atoms with Crippen molar-refractivity contribution in [2.75, 3.05) is 33.7 Å². The van der Waals surface area contributed by atoms with Crippen LogP contribution >= 0.6 is 0 Å². The molecule has 0 spiro atoms. The summed E-state index contributed by atoms with van der Waals surface area (Å²) >= 11 is 0. The van der Waals surface area contributed by atoms with Crippen LogP contribution in [0.4, 0.5) is 0 Å². The highest BCUT2D eigenvalue weighted by Gasteiger charge is 2.25. The van der Waals surface area contributed by atoms with Crippen LogP contribution < -0.4 is 5.32 Å². The minimum Gasteiger partial charge on any atom is -0.309 e. The van der Waals surface area contributed by atoms with Crippen molar-refractivity contribution in [1.29, 1.82) is 0 Å². The topological polar surface area (TPSA) is 52.7 Å². The van der Waals surface area contributed by atoms with E-state index in [9.17, 15) is 8.42 Å². The molecule has 0 amide bonds. The Kier molecular flexibility index (Phi) is 5.37. The zero-order valence-electron chi connectivity index (χ0n) is 13.1. The fourth-order valence-corrected chi connectivity index (χ4v) is 4.07. The first-order valence-corrected chi connectivity index (χ1v) is 8.86. The lowest BCUT2D eigenvalue weighted by molar-refractivity contribution is 0.333. The zero-order chi connectivity index (χ0) is 15.5. The Bertz CT molecular complexity index is 585. The molecule has 0 bridgehead atoms. The number of benzene rings is 1. The highest BCUT2D eigenvalue weighted by atomic mass is 32.2. The van der Waals surface area contributed by atoms with Crippen LogP contribution in [0.1, 0.15) is 24.5 Å². The van der Waals surface area contributed by atoms with Crippen LogP contribution in [0, 0.1) is 0 Å². The minimum absolute atomic E-state index is 0.414. The second-order valence-electron chi connectivity index (χ2n) is 5.74. The highest BCUT2D eigenvalue weighted by Crippen LogP contribution is 2.22. The van der Waals surface area contributed by atoms with Crippen molar-refractivity contribution in [3.63, 3.8) is 0 Å². The monoisotopic (exact) mass is 311 g/mol. The molecule has 0 radical (unpaired) electrons. The molecule has 0 atom stereocenters. The number of fused-ring (bicyclic) bond motifs is 1. The average Bonchev–Trinajstić information content (AvgIpc) is 2.90. The standard InChI is InChI=1S/C15H25N3O2S/c1-4-7-18(9-8-17(2)3)21(19,20)15-6-5-13-11-16-12-14(13)10-15/h5-6,10,16H,4,7-9,11-12H2,1-3H3. The van der Waals surface area contributed by atoms with E-state index in [0.717, 1.165) is 31.6 Å². The van der Waals surface area contributed by atoms with Gasteiger partial charge in [0.25, 0.3) is 0 Å². The molecule has 6 heteroatoms. The first kappa shape index (κ1) is 16.4. The maximum absolute atomic E-state index is 12.8. The molecule has 21 heavy (non-hydrogen) atoms. The zero-order valence-corrected chi connectivity index (χ0v) is 13.9. The molecule has 0 aliphatic carbocycles. The Hall–Kier alpha value is -0.950. The largest absolute Gasteiger partial charge is 0.309 e. The number of hydrogen-bond donors (Lipinski definition) is 1. The van der Waals surface area contributed by atoms with Crippen LogP contribution in [0.25, 0.3) is 0 Å². The number of sulfonamides is 1. The lowest BCUT2D eigenvalue weighted by Crippen LogP contribution is -2.37. The number of hydrogen-bond acceptors (Lipinski definition) is 4. The molecule has 118 valence electrons. The van der Waals surface area contributed by atoms with Gasteiger partial charge < -0.3 is 10.2 Å². The Morgan fingerprint density at radius 2 is 1.81 bits per heavy atom. The van der Waals surface area contributed by atoms with E-state index in [4.69, 9.17) is 0 Å². The van der Waals surface area contributed by atoms with Crippen LogP contribution in [-0.2, 0) is 23.1 Å². The predicted octanol–water partition coefficient (Wildman–Crippen LogP) is 1.25. The summed E-state index contributed by atoms with van der Waals surface area (Å²) in [6.45, 7) is 5.40. The van der Waals surface area contributed by atoms with Crippen LogP contribution in [0.2, 0.25) is 0 Å². The van der Waals surface area contributed by atoms with E-state index in [1.54, 1.807) is 10.4 Å². The Morgan fingerprint density at radius 1 is 1.10 bits per heavy atom. The van der Waals surface area contributed by atoms with E-state index in [2.05, 4.69) is 5.32 Å². The Labute approximate surface area is 128 Å². The van der Waals surface area contributed by atoms with Gasteiger partial charge in [-0.15, -0.1) is 0 Å². The molecule has 0 unspecified atom stereocenters. The smallest absolute Gasteiger partial charge is 0.243 e. The van der Waals surface area contributed by atoms with Gasteiger partial charge in [-0.1, -0.05) is 13.0 Å². The molecule has 1 N–H and O–H groups in total. The van der Waals surface area contributed by atoms with Crippen LogP contribution in [0.3, 0.4) is 0 Å². The molecule has 1 aromatic carbocycles. The minimum atomic E-state index is -3.40. The molecular weight excluding hydrogens is 286 g/mol. The van der Waals surface area contributed by atoms with Gasteiger partial charge >= 0.3 is 0 Å². The van der Waals surface area contributed by atoms with Gasteiger partial charge in [0.05, 0.1) is 4.90 Å². The summed E-state index contributed by atoms with van der Waals surface area (Å²) < 4.78 is 27.2. The van der Waals surface area contributed by atoms with Gasteiger partial charge in [0.1, 0.15) is 0 Å². The molecule has 5 nitrogen and oxygen atoms in total. The van der Waals surface area contributed by atoms with Gasteiger partial charge in [-0.05, 0) is 43.8 Å². The molecule has 0 saturated carbocycles. The fraction of sp³-hybridized carbons (Fsp3) is 0.600. The third kappa shape index (κ3) is 3.83. The van der Waals surface area contributed by atoms with Crippen molar-refractivity contribution in [2.45, 2.75) is 31.3 Å².